The summed E-state index contributed by atoms with van der Waals surface area (Å²) in [5.41, 5.74) is 6.81. The first-order valence-corrected chi connectivity index (χ1v) is 9.65. The van der Waals surface area contributed by atoms with Gasteiger partial charge in [0, 0.05) is 18.1 Å². The van der Waals surface area contributed by atoms with Crippen LogP contribution in [0, 0.1) is 0 Å². The van der Waals surface area contributed by atoms with E-state index in [9.17, 15) is 0 Å². The Morgan fingerprint density at radius 3 is 1.55 bits per heavy atom. The molecule has 0 fully saturated rings. The largest absolute Gasteiger partial charge is 0.362 e. The van der Waals surface area contributed by atoms with E-state index in [-0.39, 0.29) is 0 Å². The number of benzene rings is 4. The Kier molecular flexibility index (Phi) is 5.94. The van der Waals surface area contributed by atoms with E-state index in [1.54, 1.807) is 6.21 Å². The van der Waals surface area contributed by atoms with Gasteiger partial charge < -0.3 is 5.32 Å². The Hall–Kier alpha value is -3.91. The van der Waals surface area contributed by atoms with Gasteiger partial charge in [0.2, 0.25) is 0 Å². The molecule has 2 nitrogen and oxygen atoms in total. The fraction of sp³-hybridized carbons (Fsp3) is 0. The Morgan fingerprint density at radius 2 is 1.00 bits per heavy atom. The monoisotopic (exact) mass is 374 g/mol. The molecule has 140 valence electrons. The Bertz CT molecular complexity index is 1080. The first-order valence-electron chi connectivity index (χ1n) is 9.65. The molecule has 4 aromatic carbocycles. The highest BCUT2D eigenvalue weighted by Crippen LogP contribution is 2.22. The van der Waals surface area contributed by atoms with Crippen LogP contribution in [-0.4, -0.2) is 6.21 Å². The summed E-state index contributed by atoms with van der Waals surface area (Å²) in [4.78, 5) is 4.47. The van der Waals surface area contributed by atoms with Gasteiger partial charge in [0.1, 0.15) is 0 Å². The minimum absolute atomic E-state index is 0.932. The van der Waals surface area contributed by atoms with Gasteiger partial charge in [-0.05, 0) is 52.6 Å². The molecule has 0 bridgehead atoms. The molecule has 29 heavy (non-hydrogen) atoms. The van der Waals surface area contributed by atoms with E-state index in [1.165, 1.54) is 22.3 Å². The van der Waals surface area contributed by atoms with Gasteiger partial charge in [-0.25, -0.2) is 0 Å². The van der Waals surface area contributed by atoms with Crippen LogP contribution in [0.25, 0.3) is 22.3 Å². The number of hydrogen-bond donors (Lipinski definition) is 1. The van der Waals surface area contributed by atoms with Crippen molar-refractivity contribution in [2.45, 2.75) is 0 Å². The van der Waals surface area contributed by atoms with Crippen molar-refractivity contribution in [3.8, 4) is 22.3 Å². The summed E-state index contributed by atoms with van der Waals surface area (Å²) in [6.07, 6.45) is 5.58. The SMILES string of the molecule is C(/C=C/Nc1ccc(-c2ccccc2)cc1)=Nc1ccc(-c2ccccc2)cc1. The molecule has 0 atom stereocenters. The summed E-state index contributed by atoms with van der Waals surface area (Å²) in [5, 5.41) is 3.27. The fourth-order valence-electron chi connectivity index (χ4n) is 3.08. The molecule has 0 amide bonds. The first-order chi connectivity index (χ1) is 14.4. The number of nitrogens with zero attached hydrogens (tertiary/aromatic N) is 1. The maximum Gasteiger partial charge on any atom is 0.0630 e. The van der Waals surface area contributed by atoms with E-state index in [1.807, 2.05) is 36.5 Å². The summed E-state index contributed by atoms with van der Waals surface area (Å²) in [5.74, 6) is 0. The predicted octanol–water partition coefficient (Wildman–Crippen LogP) is 7.35. The molecule has 4 aromatic rings. The maximum absolute atomic E-state index is 4.47. The Morgan fingerprint density at radius 1 is 0.517 bits per heavy atom. The molecule has 0 aliphatic heterocycles. The number of hydrogen-bond acceptors (Lipinski definition) is 2. The highest BCUT2D eigenvalue weighted by Gasteiger charge is 1.97. The molecule has 0 radical (unpaired) electrons. The number of aliphatic imine (C=N–C) groups is 1. The number of allylic oxidation sites excluding steroid dienone is 1. The van der Waals surface area contributed by atoms with Crippen molar-refractivity contribution >= 4 is 17.6 Å². The lowest BCUT2D eigenvalue weighted by Gasteiger charge is -2.04. The molecule has 0 unspecified atom stereocenters. The molecule has 0 aliphatic rings. The zero-order valence-corrected chi connectivity index (χ0v) is 16.1. The Labute approximate surface area is 171 Å². The van der Waals surface area contributed by atoms with Gasteiger partial charge in [-0.1, -0.05) is 84.9 Å². The van der Waals surface area contributed by atoms with E-state index in [4.69, 9.17) is 0 Å². The standard InChI is InChI=1S/C27H22N2/c1-3-8-22(9-4-1)24-12-16-26(17-13-24)28-20-7-21-29-27-18-14-25(15-19-27)23-10-5-2-6-11-23/h1-21,28H/b20-7+,29-21?. The first kappa shape index (κ1) is 18.5. The summed E-state index contributed by atoms with van der Waals surface area (Å²) in [6.45, 7) is 0. The van der Waals surface area contributed by atoms with Crippen LogP contribution < -0.4 is 5.32 Å². The molecule has 0 spiro atoms. The van der Waals surface area contributed by atoms with Crippen LogP contribution in [0.4, 0.5) is 11.4 Å². The summed E-state index contributed by atoms with van der Waals surface area (Å²) >= 11 is 0. The van der Waals surface area contributed by atoms with Crippen molar-refractivity contribution in [2.24, 2.45) is 4.99 Å². The quantitative estimate of drug-likeness (QED) is 0.351. The van der Waals surface area contributed by atoms with Gasteiger partial charge in [-0.3, -0.25) is 4.99 Å². The lowest BCUT2D eigenvalue weighted by molar-refractivity contribution is 1.52. The lowest BCUT2D eigenvalue weighted by atomic mass is 10.1. The Balaban J connectivity index is 1.31. The smallest absolute Gasteiger partial charge is 0.0630 e. The van der Waals surface area contributed by atoms with Crippen molar-refractivity contribution in [3.05, 3.63) is 121 Å². The average molecular weight is 374 g/mol. The number of anilines is 1. The second-order valence-electron chi connectivity index (χ2n) is 6.64. The number of rotatable bonds is 6. The van der Waals surface area contributed by atoms with Crippen molar-refractivity contribution in [3.63, 3.8) is 0 Å². The molecule has 1 N–H and O–H groups in total. The predicted molar refractivity (Wildman–Crippen MR) is 125 cm³/mol. The molecule has 0 saturated heterocycles. The molecular weight excluding hydrogens is 352 g/mol. The van der Waals surface area contributed by atoms with E-state index < -0.39 is 0 Å². The second kappa shape index (κ2) is 9.34. The van der Waals surface area contributed by atoms with Crippen LogP contribution in [0.3, 0.4) is 0 Å². The fourth-order valence-corrected chi connectivity index (χ4v) is 3.08. The van der Waals surface area contributed by atoms with Gasteiger partial charge in [0.25, 0.3) is 0 Å². The second-order valence-corrected chi connectivity index (χ2v) is 6.64. The maximum atomic E-state index is 4.47. The van der Waals surface area contributed by atoms with Crippen LogP contribution in [-0.2, 0) is 0 Å². The van der Waals surface area contributed by atoms with Gasteiger partial charge >= 0.3 is 0 Å². The summed E-state index contributed by atoms with van der Waals surface area (Å²) in [6, 6.07) is 37.4. The molecule has 4 rings (SSSR count). The van der Waals surface area contributed by atoms with E-state index >= 15 is 0 Å². The zero-order valence-electron chi connectivity index (χ0n) is 16.1. The van der Waals surface area contributed by atoms with Crippen molar-refractivity contribution < 1.29 is 0 Å². The third-order valence-electron chi connectivity index (χ3n) is 4.62. The van der Waals surface area contributed by atoms with Crippen LogP contribution in [0.1, 0.15) is 0 Å². The van der Waals surface area contributed by atoms with Crippen molar-refractivity contribution in [1.82, 2.24) is 0 Å². The molecular formula is C27H22N2. The van der Waals surface area contributed by atoms with Gasteiger partial charge in [-0.2, -0.15) is 0 Å². The topological polar surface area (TPSA) is 24.4 Å². The van der Waals surface area contributed by atoms with E-state index in [2.05, 4.69) is 95.2 Å². The summed E-state index contributed by atoms with van der Waals surface area (Å²) < 4.78 is 0. The van der Waals surface area contributed by atoms with Crippen molar-refractivity contribution in [2.75, 3.05) is 5.32 Å². The lowest BCUT2D eigenvalue weighted by Crippen LogP contribution is -1.87. The minimum Gasteiger partial charge on any atom is -0.362 e. The molecule has 0 heterocycles. The van der Waals surface area contributed by atoms with Crippen molar-refractivity contribution in [1.29, 1.82) is 0 Å². The normalized spacial score (nSPS) is 11.2. The third kappa shape index (κ3) is 5.08. The summed E-state index contributed by atoms with van der Waals surface area (Å²) in [7, 11) is 0. The minimum atomic E-state index is 0.932. The van der Waals surface area contributed by atoms with Gasteiger partial charge in [-0.15, -0.1) is 0 Å². The average Bonchev–Trinajstić information content (AvgIpc) is 2.81. The van der Waals surface area contributed by atoms with Gasteiger partial charge in [0.05, 0.1) is 5.69 Å². The van der Waals surface area contributed by atoms with Crippen LogP contribution in [0.2, 0.25) is 0 Å². The van der Waals surface area contributed by atoms with E-state index in [0.29, 0.717) is 0 Å². The molecule has 0 aliphatic carbocycles. The third-order valence-corrected chi connectivity index (χ3v) is 4.62. The zero-order chi connectivity index (χ0) is 19.7. The number of nitrogens with one attached hydrogen (secondary N) is 1. The van der Waals surface area contributed by atoms with Crippen LogP contribution in [0.5, 0.6) is 0 Å². The highest BCUT2D eigenvalue weighted by molar-refractivity contribution is 5.76. The van der Waals surface area contributed by atoms with Crippen LogP contribution >= 0.6 is 0 Å². The molecule has 0 aromatic heterocycles. The van der Waals surface area contributed by atoms with E-state index in [0.717, 1.165) is 11.4 Å². The molecule has 2 heteroatoms. The highest BCUT2D eigenvalue weighted by atomic mass is 14.8. The molecule has 0 saturated carbocycles. The van der Waals surface area contributed by atoms with Gasteiger partial charge in [0.15, 0.2) is 0 Å². The van der Waals surface area contributed by atoms with Crippen LogP contribution in [0.15, 0.2) is 126 Å².